The minimum Gasteiger partial charge on any atom is -0.472 e. The summed E-state index contributed by atoms with van der Waals surface area (Å²) in [6.45, 7) is 1.31. The number of aliphatic hydroxyl groups excluding tert-OH is 1. The molecular weight excluding hydrogens is 266 g/mol. The molecule has 1 atom stereocenters. The first kappa shape index (κ1) is 13.9. The van der Waals surface area contributed by atoms with E-state index >= 15 is 0 Å². The fourth-order valence-electron chi connectivity index (χ4n) is 3.12. The summed E-state index contributed by atoms with van der Waals surface area (Å²) in [7, 11) is 0. The van der Waals surface area contributed by atoms with Gasteiger partial charge in [-0.05, 0) is 24.5 Å². The minimum absolute atomic E-state index is 0.0304. The number of hydrogen-bond acceptors (Lipinski definition) is 3. The molecule has 3 rings (SSSR count). The molecule has 1 aromatic heterocycles. The normalized spacial score (nSPS) is 22.2. The van der Waals surface area contributed by atoms with E-state index in [2.05, 4.69) is 0 Å². The summed E-state index contributed by atoms with van der Waals surface area (Å²) in [6.07, 6.45) is 4.76. The number of carbonyl (C=O) groups excluding carboxylic acids is 1. The fraction of sp³-hybridized carbons (Fsp3) is 0.353. The average molecular weight is 285 g/mol. The monoisotopic (exact) mass is 285 g/mol. The maximum Gasteiger partial charge on any atom is 0.257 e. The Morgan fingerprint density at radius 3 is 2.76 bits per heavy atom. The first-order valence-electron chi connectivity index (χ1n) is 7.23. The lowest BCUT2D eigenvalue weighted by Gasteiger charge is -2.42. The number of amides is 1. The van der Waals surface area contributed by atoms with E-state index in [9.17, 15) is 9.90 Å². The molecule has 1 saturated heterocycles. The fourth-order valence-corrected chi connectivity index (χ4v) is 3.12. The summed E-state index contributed by atoms with van der Waals surface area (Å²) in [4.78, 5) is 14.3. The van der Waals surface area contributed by atoms with Gasteiger partial charge in [-0.1, -0.05) is 30.3 Å². The van der Waals surface area contributed by atoms with Gasteiger partial charge in [0.05, 0.1) is 18.4 Å². The van der Waals surface area contributed by atoms with Crippen molar-refractivity contribution in [1.29, 1.82) is 0 Å². The zero-order valence-electron chi connectivity index (χ0n) is 11.9. The summed E-state index contributed by atoms with van der Waals surface area (Å²) in [5.74, 6) is -0.0304. The molecule has 0 radical (unpaired) electrons. The van der Waals surface area contributed by atoms with Crippen molar-refractivity contribution in [3.8, 4) is 0 Å². The predicted octanol–water partition coefficient (Wildman–Crippen LogP) is 2.45. The molecule has 1 fully saturated rings. The first-order chi connectivity index (χ1) is 10.2. The van der Waals surface area contributed by atoms with Crippen molar-refractivity contribution in [2.24, 2.45) is 0 Å². The Hall–Kier alpha value is -2.07. The Labute approximate surface area is 124 Å². The minimum atomic E-state index is -0.362. The van der Waals surface area contributed by atoms with Gasteiger partial charge in [0, 0.05) is 18.5 Å². The van der Waals surface area contributed by atoms with Crippen molar-refractivity contribution in [2.75, 3.05) is 19.7 Å². The number of benzene rings is 1. The lowest BCUT2D eigenvalue weighted by molar-refractivity contribution is 0.0542. The van der Waals surface area contributed by atoms with Gasteiger partial charge in [-0.3, -0.25) is 4.79 Å². The third kappa shape index (κ3) is 2.59. The van der Waals surface area contributed by atoms with Crippen LogP contribution in [0.3, 0.4) is 0 Å². The number of aliphatic hydroxyl groups is 1. The Bertz CT molecular complexity index is 594. The largest absolute Gasteiger partial charge is 0.472 e. The van der Waals surface area contributed by atoms with Crippen LogP contribution in [0.15, 0.2) is 53.3 Å². The van der Waals surface area contributed by atoms with Crippen LogP contribution in [0.5, 0.6) is 0 Å². The van der Waals surface area contributed by atoms with Crippen LogP contribution in [-0.2, 0) is 5.41 Å². The Morgan fingerprint density at radius 2 is 2.10 bits per heavy atom. The molecule has 2 heterocycles. The molecule has 21 heavy (non-hydrogen) atoms. The van der Waals surface area contributed by atoms with Gasteiger partial charge in [-0.25, -0.2) is 0 Å². The molecule has 0 unspecified atom stereocenters. The number of furan rings is 1. The molecule has 4 nitrogen and oxygen atoms in total. The van der Waals surface area contributed by atoms with E-state index in [4.69, 9.17) is 4.42 Å². The highest BCUT2D eigenvalue weighted by Crippen LogP contribution is 2.34. The first-order valence-corrected chi connectivity index (χ1v) is 7.23. The van der Waals surface area contributed by atoms with Crippen LogP contribution < -0.4 is 0 Å². The summed E-state index contributed by atoms with van der Waals surface area (Å²) >= 11 is 0. The van der Waals surface area contributed by atoms with Crippen LogP contribution in [0.1, 0.15) is 28.8 Å². The smallest absolute Gasteiger partial charge is 0.257 e. The quantitative estimate of drug-likeness (QED) is 0.942. The van der Waals surface area contributed by atoms with E-state index in [0.717, 1.165) is 24.9 Å². The van der Waals surface area contributed by atoms with Gasteiger partial charge in [-0.15, -0.1) is 0 Å². The Balaban J connectivity index is 1.86. The van der Waals surface area contributed by atoms with Gasteiger partial charge in [0.15, 0.2) is 0 Å². The summed E-state index contributed by atoms with van der Waals surface area (Å²) < 4.78 is 4.99. The van der Waals surface area contributed by atoms with E-state index in [0.29, 0.717) is 12.1 Å². The molecule has 0 bridgehead atoms. The van der Waals surface area contributed by atoms with Crippen LogP contribution in [0, 0.1) is 0 Å². The van der Waals surface area contributed by atoms with Crippen LogP contribution in [0.4, 0.5) is 0 Å². The topological polar surface area (TPSA) is 53.7 Å². The maximum atomic E-state index is 12.5. The molecule has 0 saturated carbocycles. The molecule has 0 spiro atoms. The van der Waals surface area contributed by atoms with Gasteiger partial charge in [0.25, 0.3) is 5.91 Å². The Morgan fingerprint density at radius 1 is 1.29 bits per heavy atom. The lowest BCUT2D eigenvalue weighted by Crippen LogP contribution is -2.50. The zero-order valence-corrected chi connectivity index (χ0v) is 11.9. The van der Waals surface area contributed by atoms with Crippen molar-refractivity contribution in [3.63, 3.8) is 0 Å². The van der Waals surface area contributed by atoms with Crippen molar-refractivity contribution >= 4 is 5.91 Å². The number of nitrogens with zero attached hydrogens (tertiary/aromatic N) is 1. The maximum absolute atomic E-state index is 12.5. The van der Waals surface area contributed by atoms with Crippen molar-refractivity contribution < 1.29 is 14.3 Å². The second-order valence-electron chi connectivity index (χ2n) is 5.65. The molecule has 4 heteroatoms. The molecule has 110 valence electrons. The van der Waals surface area contributed by atoms with Gasteiger partial charge in [-0.2, -0.15) is 0 Å². The van der Waals surface area contributed by atoms with E-state index < -0.39 is 0 Å². The Kier molecular flexibility index (Phi) is 3.80. The average Bonchev–Trinajstić information content (AvgIpc) is 3.09. The summed E-state index contributed by atoms with van der Waals surface area (Å²) in [5, 5.41) is 9.97. The van der Waals surface area contributed by atoms with Crippen molar-refractivity contribution in [3.05, 3.63) is 60.1 Å². The van der Waals surface area contributed by atoms with E-state index in [-0.39, 0.29) is 17.9 Å². The standard InChI is InChI=1S/C17H19NO3/c19-13-17(15-5-2-1-3-6-15)8-4-9-18(12-17)16(20)14-7-10-21-11-14/h1-3,5-7,10-11,19H,4,8-9,12-13H2/t17-/m0/s1. The summed E-state index contributed by atoms with van der Waals surface area (Å²) in [6, 6.07) is 11.7. The summed E-state index contributed by atoms with van der Waals surface area (Å²) in [5.41, 5.74) is 1.30. The number of rotatable bonds is 3. The van der Waals surface area contributed by atoms with Crippen LogP contribution in [0.2, 0.25) is 0 Å². The molecule has 1 aliphatic rings. The third-order valence-electron chi connectivity index (χ3n) is 4.32. The van der Waals surface area contributed by atoms with Gasteiger partial charge >= 0.3 is 0 Å². The highest BCUT2D eigenvalue weighted by atomic mass is 16.3. The SMILES string of the molecule is O=C(c1ccoc1)N1CCC[C@](CO)(c2ccccc2)C1. The van der Waals surface area contributed by atoms with Gasteiger partial charge in [0.1, 0.15) is 6.26 Å². The highest BCUT2D eigenvalue weighted by molar-refractivity contribution is 5.94. The molecular formula is C17H19NO3. The number of likely N-dealkylation sites (tertiary alicyclic amines) is 1. The second-order valence-corrected chi connectivity index (χ2v) is 5.65. The van der Waals surface area contributed by atoms with Crippen LogP contribution in [-0.4, -0.2) is 35.6 Å². The molecule has 1 N–H and O–H groups in total. The number of piperidine rings is 1. The van der Waals surface area contributed by atoms with Crippen LogP contribution >= 0.6 is 0 Å². The molecule has 1 aromatic carbocycles. The van der Waals surface area contributed by atoms with Gasteiger partial charge in [0.2, 0.25) is 0 Å². The van der Waals surface area contributed by atoms with Crippen molar-refractivity contribution in [1.82, 2.24) is 4.90 Å². The second kappa shape index (κ2) is 5.74. The van der Waals surface area contributed by atoms with Crippen molar-refractivity contribution in [2.45, 2.75) is 18.3 Å². The van der Waals surface area contributed by atoms with E-state index in [1.165, 1.54) is 12.5 Å². The number of hydrogen-bond donors (Lipinski definition) is 1. The lowest BCUT2D eigenvalue weighted by atomic mass is 9.74. The van der Waals surface area contributed by atoms with E-state index in [1.807, 2.05) is 35.2 Å². The van der Waals surface area contributed by atoms with Gasteiger partial charge < -0.3 is 14.4 Å². The zero-order chi connectivity index (χ0) is 14.7. The third-order valence-corrected chi connectivity index (χ3v) is 4.32. The van der Waals surface area contributed by atoms with Crippen LogP contribution in [0.25, 0.3) is 0 Å². The molecule has 1 amide bonds. The number of carbonyl (C=O) groups is 1. The molecule has 1 aliphatic heterocycles. The molecule has 2 aromatic rings. The molecule has 0 aliphatic carbocycles. The predicted molar refractivity (Wildman–Crippen MR) is 79.1 cm³/mol. The highest BCUT2D eigenvalue weighted by Gasteiger charge is 2.38. The van der Waals surface area contributed by atoms with E-state index in [1.54, 1.807) is 6.07 Å².